The summed E-state index contributed by atoms with van der Waals surface area (Å²) in [6.07, 6.45) is 3.05. The first-order valence-corrected chi connectivity index (χ1v) is 8.60. The fourth-order valence-corrected chi connectivity index (χ4v) is 2.37. The van der Waals surface area contributed by atoms with Crippen molar-refractivity contribution in [3.05, 3.63) is 70.8 Å². The molecule has 0 aromatic heterocycles. The van der Waals surface area contributed by atoms with Gasteiger partial charge in [0, 0.05) is 36.7 Å². The molecule has 0 unspecified atom stereocenters. The molecule has 0 bridgehead atoms. The molecule has 0 aliphatic heterocycles. The van der Waals surface area contributed by atoms with E-state index in [0.717, 1.165) is 5.56 Å². The number of nitrogens with one attached hydrogen (secondary N) is 2. The summed E-state index contributed by atoms with van der Waals surface area (Å²) >= 11 is 5.88. The minimum atomic E-state index is -0.457. The van der Waals surface area contributed by atoms with Crippen LogP contribution in [0, 0.1) is 0 Å². The molecule has 0 aliphatic rings. The predicted octanol–water partition coefficient (Wildman–Crippen LogP) is 2.82. The SMILES string of the molecule is CC(=O)Oc1cccc(C(=O)NCCNC(=O)/C=C/c2cccc(Cl)c2)c1. The van der Waals surface area contributed by atoms with Crippen molar-refractivity contribution in [3.63, 3.8) is 0 Å². The molecule has 0 saturated heterocycles. The first kappa shape index (κ1) is 20.2. The summed E-state index contributed by atoms with van der Waals surface area (Å²) in [6, 6.07) is 13.4. The van der Waals surface area contributed by atoms with Crippen LogP contribution in [0.2, 0.25) is 5.02 Å². The maximum Gasteiger partial charge on any atom is 0.308 e. The molecule has 0 fully saturated rings. The third kappa shape index (κ3) is 7.33. The zero-order valence-electron chi connectivity index (χ0n) is 14.7. The van der Waals surface area contributed by atoms with E-state index in [4.69, 9.17) is 16.3 Å². The Kier molecular flexibility index (Phi) is 7.58. The standard InChI is InChI=1S/C20H19ClN2O4/c1-14(24)27-18-7-3-5-16(13-18)20(26)23-11-10-22-19(25)9-8-15-4-2-6-17(21)12-15/h2-9,12-13H,10-11H2,1H3,(H,22,25)(H,23,26)/b9-8+. The van der Waals surface area contributed by atoms with Crippen LogP contribution in [-0.2, 0) is 9.59 Å². The normalized spacial score (nSPS) is 10.4. The maximum absolute atomic E-state index is 12.1. The second-order valence-corrected chi connectivity index (χ2v) is 5.99. The van der Waals surface area contributed by atoms with Crippen molar-refractivity contribution in [2.24, 2.45) is 0 Å². The number of hydrogen-bond acceptors (Lipinski definition) is 4. The van der Waals surface area contributed by atoms with Crippen LogP contribution in [-0.4, -0.2) is 30.9 Å². The lowest BCUT2D eigenvalue weighted by Crippen LogP contribution is -2.34. The molecule has 7 heteroatoms. The van der Waals surface area contributed by atoms with Crippen LogP contribution in [0.25, 0.3) is 6.08 Å². The Morgan fingerprint density at radius 2 is 1.78 bits per heavy atom. The van der Waals surface area contributed by atoms with Gasteiger partial charge in [-0.1, -0.05) is 29.8 Å². The number of amides is 2. The quantitative estimate of drug-likeness (QED) is 0.331. The van der Waals surface area contributed by atoms with E-state index in [1.54, 1.807) is 42.5 Å². The van der Waals surface area contributed by atoms with Crippen LogP contribution in [0.15, 0.2) is 54.6 Å². The predicted molar refractivity (Wildman–Crippen MR) is 104 cm³/mol. The molecule has 2 rings (SSSR count). The Hall–Kier alpha value is -3.12. The first-order valence-electron chi connectivity index (χ1n) is 8.22. The zero-order chi connectivity index (χ0) is 19.6. The van der Waals surface area contributed by atoms with Crippen molar-refractivity contribution >= 4 is 35.5 Å². The van der Waals surface area contributed by atoms with Gasteiger partial charge in [-0.3, -0.25) is 14.4 Å². The summed E-state index contributed by atoms with van der Waals surface area (Å²) in [4.78, 5) is 34.8. The molecule has 0 aliphatic carbocycles. The molecular weight excluding hydrogens is 368 g/mol. The molecule has 6 nitrogen and oxygen atoms in total. The van der Waals surface area contributed by atoms with Gasteiger partial charge in [-0.2, -0.15) is 0 Å². The van der Waals surface area contributed by atoms with Gasteiger partial charge in [0.1, 0.15) is 5.75 Å². The second-order valence-electron chi connectivity index (χ2n) is 5.56. The van der Waals surface area contributed by atoms with Crippen molar-refractivity contribution in [1.82, 2.24) is 10.6 Å². The second kappa shape index (κ2) is 10.1. The van der Waals surface area contributed by atoms with Crippen LogP contribution in [0.4, 0.5) is 0 Å². The molecule has 2 aromatic carbocycles. The molecule has 0 atom stereocenters. The summed E-state index contributed by atoms with van der Waals surface area (Å²) in [5, 5.41) is 5.94. The molecule has 0 radical (unpaired) electrons. The molecule has 2 amide bonds. The van der Waals surface area contributed by atoms with E-state index in [-0.39, 0.29) is 24.9 Å². The lowest BCUT2D eigenvalue weighted by Gasteiger charge is -2.07. The van der Waals surface area contributed by atoms with Gasteiger partial charge in [0.2, 0.25) is 5.91 Å². The highest BCUT2D eigenvalue weighted by atomic mass is 35.5. The van der Waals surface area contributed by atoms with Crippen LogP contribution in [0.3, 0.4) is 0 Å². The van der Waals surface area contributed by atoms with Crippen LogP contribution in [0.5, 0.6) is 5.75 Å². The van der Waals surface area contributed by atoms with E-state index in [0.29, 0.717) is 16.3 Å². The monoisotopic (exact) mass is 386 g/mol. The van der Waals surface area contributed by atoms with Crippen LogP contribution in [0.1, 0.15) is 22.8 Å². The van der Waals surface area contributed by atoms with E-state index >= 15 is 0 Å². The summed E-state index contributed by atoms with van der Waals surface area (Å²) in [7, 11) is 0. The average molecular weight is 387 g/mol. The molecule has 0 spiro atoms. The molecule has 0 heterocycles. The molecule has 0 saturated carbocycles. The number of hydrogen-bond donors (Lipinski definition) is 2. The van der Waals surface area contributed by atoms with Gasteiger partial charge in [0.05, 0.1) is 0 Å². The first-order chi connectivity index (χ1) is 12.9. The van der Waals surface area contributed by atoms with Gasteiger partial charge in [0.25, 0.3) is 5.91 Å². The number of esters is 1. The Labute approximate surface area is 162 Å². The summed E-state index contributed by atoms with van der Waals surface area (Å²) < 4.78 is 4.94. The largest absolute Gasteiger partial charge is 0.427 e. The number of carbonyl (C=O) groups is 3. The fourth-order valence-electron chi connectivity index (χ4n) is 2.17. The number of halogens is 1. The molecule has 27 heavy (non-hydrogen) atoms. The number of ether oxygens (including phenoxy) is 1. The Bertz CT molecular complexity index is 865. The topological polar surface area (TPSA) is 84.5 Å². The Morgan fingerprint density at radius 3 is 2.52 bits per heavy atom. The van der Waals surface area contributed by atoms with Crippen LogP contribution >= 0.6 is 11.6 Å². The highest BCUT2D eigenvalue weighted by Crippen LogP contribution is 2.13. The fraction of sp³-hybridized carbons (Fsp3) is 0.150. The van der Waals surface area contributed by atoms with Gasteiger partial charge < -0.3 is 15.4 Å². The lowest BCUT2D eigenvalue weighted by atomic mass is 10.2. The highest BCUT2D eigenvalue weighted by Gasteiger charge is 2.07. The van der Waals surface area contributed by atoms with E-state index in [1.807, 2.05) is 6.07 Å². The Balaban J connectivity index is 1.75. The minimum absolute atomic E-state index is 0.257. The van der Waals surface area contributed by atoms with Crippen molar-refractivity contribution in [1.29, 1.82) is 0 Å². The minimum Gasteiger partial charge on any atom is -0.427 e. The van der Waals surface area contributed by atoms with Crippen molar-refractivity contribution in [2.75, 3.05) is 13.1 Å². The average Bonchev–Trinajstić information content (AvgIpc) is 2.63. The third-order valence-electron chi connectivity index (χ3n) is 3.34. The van der Waals surface area contributed by atoms with E-state index in [2.05, 4.69) is 10.6 Å². The van der Waals surface area contributed by atoms with Crippen molar-refractivity contribution in [3.8, 4) is 5.75 Å². The van der Waals surface area contributed by atoms with Gasteiger partial charge in [-0.05, 0) is 42.0 Å². The summed E-state index contributed by atoms with van der Waals surface area (Å²) in [5.74, 6) is -0.760. The maximum atomic E-state index is 12.1. The van der Waals surface area contributed by atoms with Crippen LogP contribution < -0.4 is 15.4 Å². The zero-order valence-corrected chi connectivity index (χ0v) is 15.5. The van der Waals surface area contributed by atoms with E-state index in [1.165, 1.54) is 19.1 Å². The van der Waals surface area contributed by atoms with Gasteiger partial charge in [-0.15, -0.1) is 0 Å². The van der Waals surface area contributed by atoms with E-state index in [9.17, 15) is 14.4 Å². The number of benzene rings is 2. The highest BCUT2D eigenvalue weighted by molar-refractivity contribution is 6.30. The number of rotatable bonds is 7. The molecule has 2 N–H and O–H groups in total. The van der Waals surface area contributed by atoms with Gasteiger partial charge >= 0.3 is 5.97 Å². The van der Waals surface area contributed by atoms with Gasteiger partial charge in [0.15, 0.2) is 0 Å². The number of carbonyl (C=O) groups excluding carboxylic acids is 3. The molecule has 140 valence electrons. The van der Waals surface area contributed by atoms with Crippen molar-refractivity contribution in [2.45, 2.75) is 6.92 Å². The third-order valence-corrected chi connectivity index (χ3v) is 3.58. The summed E-state index contributed by atoms with van der Waals surface area (Å²) in [6.45, 7) is 1.82. The van der Waals surface area contributed by atoms with E-state index < -0.39 is 5.97 Å². The summed E-state index contributed by atoms with van der Waals surface area (Å²) in [5.41, 5.74) is 1.18. The smallest absolute Gasteiger partial charge is 0.308 e. The lowest BCUT2D eigenvalue weighted by molar-refractivity contribution is -0.131. The van der Waals surface area contributed by atoms with Gasteiger partial charge in [-0.25, -0.2) is 0 Å². The Morgan fingerprint density at radius 1 is 1.04 bits per heavy atom. The molecular formula is C20H19ClN2O4. The van der Waals surface area contributed by atoms with Crippen molar-refractivity contribution < 1.29 is 19.1 Å². The molecule has 2 aromatic rings.